The van der Waals surface area contributed by atoms with E-state index in [1.54, 1.807) is 10.9 Å². The normalized spacial score (nSPS) is 22.2. The van der Waals surface area contributed by atoms with Gasteiger partial charge in [-0.1, -0.05) is 12.1 Å². The van der Waals surface area contributed by atoms with E-state index in [-0.39, 0.29) is 31.7 Å². The number of aliphatic carboxylic acids is 1. The van der Waals surface area contributed by atoms with Crippen LogP contribution in [0.2, 0.25) is 0 Å². The van der Waals surface area contributed by atoms with E-state index in [0.29, 0.717) is 25.1 Å². The van der Waals surface area contributed by atoms with Crippen LogP contribution in [0, 0.1) is 11.2 Å². The van der Waals surface area contributed by atoms with Crippen LogP contribution in [-0.2, 0) is 22.6 Å². The van der Waals surface area contributed by atoms with Crippen LogP contribution in [0.25, 0.3) is 0 Å². The standard InChI is InChI=1S/C20H24FN3O4/c21-16-6-4-15(5-7-16)13-20(19(27)28)14-23(12-8-17(20)25)18(26)3-1-10-24-11-2-9-22-24/h2,4-7,9,11,17,25H,1,3,8,10,12-14H2,(H,27,28)/t17-,20-/m1/s1. The molecule has 7 nitrogen and oxygen atoms in total. The number of hydrogen-bond donors (Lipinski definition) is 2. The second-order valence-corrected chi connectivity index (χ2v) is 7.26. The minimum atomic E-state index is -1.51. The number of amides is 1. The fourth-order valence-corrected chi connectivity index (χ4v) is 3.70. The van der Waals surface area contributed by atoms with Gasteiger partial charge in [-0.05, 0) is 43.0 Å². The zero-order valence-corrected chi connectivity index (χ0v) is 15.5. The number of benzene rings is 1. The van der Waals surface area contributed by atoms with E-state index in [2.05, 4.69) is 5.10 Å². The molecule has 1 amide bonds. The molecule has 0 unspecified atom stereocenters. The van der Waals surface area contributed by atoms with Crippen molar-refractivity contribution < 1.29 is 24.2 Å². The Labute approximate surface area is 162 Å². The van der Waals surface area contributed by atoms with Crippen LogP contribution in [0.1, 0.15) is 24.8 Å². The Hall–Kier alpha value is -2.74. The summed E-state index contributed by atoms with van der Waals surface area (Å²) in [5.41, 5.74) is -0.899. The van der Waals surface area contributed by atoms with Crippen LogP contribution in [0.3, 0.4) is 0 Å². The van der Waals surface area contributed by atoms with E-state index < -0.39 is 23.3 Å². The molecule has 0 saturated carbocycles. The molecule has 150 valence electrons. The molecule has 0 spiro atoms. The van der Waals surface area contributed by atoms with E-state index in [9.17, 15) is 24.2 Å². The zero-order chi connectivity index (χ0) is 20.1. The summed E-state index contributed by atoms with van der Waals surface area (Å²) < 4.78 is 14.9. The van der Waals surface area contributed by atoms with Gasteiger partial charge >= 0.3 is 5.97 Å². The number of carbonyl (C=O) groups excluding carboxylic acids is 1. The fourth-order valence-electron chi connectivity index (χ4n) is 3.70. The van der Waals surface area contributed by atoms with Gasteiger partial charge in [-0.2, -0.15) is 5.10 Å². The van der Waals surface area contributed by atoms with Gasteiger partial charge in [-0.3, -0.25) is 14.3 Å². The topological polar surface area (TPSA) is 95.7 Å². The van der Waals surface area contributed by atoms with Crippen molar-refractivity contribution in [2.45, 2.75) is 38.3 Å². The van der Waals surface area contributed by atoms with Gasteiger partial charge in [-0.25, -0.2) is 4.39 Å². The van der Waals surface area contributed by atoms with Crippen molar-refractivity contribution in [3.8, 4) is 0 Å². The van der Waals surface area contributed by atoms with Crippen molar-refractivity contribution in [1.29, 1.82) is 0 Å². The summed E-state index contributed by atoms with van der Waals surface area (Å²) in [6, 6.07) is 7.36. The highest BCUT2D eigenvalue weighted by atomic mass is 19.1. The lowest BCUT2D eigenvalue weighted by Crippen LogP contribution is -2.58. The number of nitrogens with zero attached hydrogens (tertiary/aromatic N) is 3. The van der Waals surface area contributed by atoms with Crippen LogP contribution >= 0.6 is 0 Å². The fraction of sp³-hybridized carbons (Fsp3) is 0.450. The Morgan fingerprint density at radius 1 is 1.29 bits per heavy atom. The van der Waals surface area contributed by atoms with Gasteiger partial charge < -0.3 is 15.1 Å². The molecule has 1 aromatic carbocycles. The Morgan fingerprint density at radius 3 is 2.68 bits per heavy atom. The molecule has 0 bridgehead atoms. The monoisotopic (exact) mass is 389 g/mol. The third kappa shape index (κ3) is 4.39. The summed E-state index contributed by atoms with van der Waals surface area (Å²) in [6.07, 6.45) is 3.51. The molecular weight excluding hydrogens is 365 g/mol. The molecule has 1 saturated heterocycles. The summed E-state index contributed by atoms with van der Waals surface area (Å²) >= 11 is 0. The van der Waals surface area contributed by atoms with E-state index >= 15 is 0 Å². The van der Waals surface area contributed by atoms with Gasteiger partial charge in [-0.15, -0.1) is 0 Å². The SMILES string of the molecule is O=C(CCCn1cccn1)N1CC[C@@H](O)[C@](Cc2ccc(F)cc2)(C(=O)O)C1. The predicted molar refractivity (Wildman–Crippen MR) is 98.8 cm³/mol. The highest BCUT2D eigenvalue weighted by Gasteiger charge is 2.50. The lowest BCUT2D eigenvalue weighted by Gasteiger charge is -2.43. The highest BCUT2D eigenvalue weighted by molar-refractivity contribution is 5.80. The quantitative estimate of drug-likeness (QED) is 0.752. The van der Waals surface area contributed by atoms with Gasteiger partial charge in [0.05, 0.1) is 6.10 Å². The molecule has 0 aliphatic carbocycles. The molecular formula is C20H24FN3O4. The molecule has 8 heteroatoms. The van der Waals surface area contributed by atoms with Crippen molar-refractivity contribution in [2.75, 3.05) is 13.1 Å². The minimum Gasteiger partial charge on any atom is -0.481 e. The second-order valence-electron chi connectivity index (χ2n) is 7.26. The highest BCUT2D eigenvalue weighted by Crippen LogP contribution is 2.35. The Morgan fingerprint density at radius 2 is 2.04 bits per heavy atom. The maximum atomic E-state index is 13.2. The number of piperidine rings is 1. The van der Waals surface area contributed by atoms with Crippen molar-refractivity contribution in [1.82, 2.24) is 14.7 Å². The number of likely N-dealkylation sites (tertiary alicyclic amines) is 1. The molecule has 1 aromatic heterocycles. The molecule has 3 rings (SSSR count). The van der Waals surface area contributed by atoms with Gasteiger partial charge in [0.15, 0.2) is 0 Å². The number of hydrogen-bond acceptors (Lipinski definition) is 4. The molecule has 1 aliphatic rings. The van der Waals surface area contributed by atoms with Crippen molar-refractivity contribution in [3.05, 3.63) is 54.1 Å². The van der Waals surface area contributed by atoms with Crippen LogP contribution in [-0.4, -0.2) is 56.0 Å². The smallest absolute Gasteiger partial charge is 0.314 e. The summed E-state index contributed by atoms with van der Waals surface area (Å²) in [7, 11) is 0. The lowest BCUT2D eigenvalue weighted by molar-refractivity contribution is -0.165. The summed E-state index contributed by atoms with van der Waals surface area (Å²) in [4.78, 5) is 26.2. The Bertz CT molecular complexity index is 809. The third-order valence-corrected chi connectivity index (χ3v) is 5.33. The van der Waals surface area contributed by atoms with Crippen LogP contribution < -0.4 is 0 Å². The molecule has 2 atom stereocenters. The lowest BCUT2D eigenvalue weighted by atomic mass is 9.72. The van der Waals surface area contributed by atoms with Crippen molar-refractivity contribution in [3.63, 3.8) is 0 Å². The molecule has 1 fully saturated rings. The first kappa shape index (κ1) is 20.0. The molecule has 28 heavy (non-hydrogen) atoms. The van der Waals surface area contributed by atoms with E-state index in [0.717, 1.165) is 0 Å². The second kappa shape index (κ2) is 8.52. The van der Waals surface area contributed by atoms with E-state index in [1.807, 2.05) is 12.3 Å². The minimum absolute atomic E-state index is 0.0286. The molecule has 1 aliphatic heterocycles. The average molecular weight is 389 g/mol. The molecule has 2 heterocycles. The van der Waals surface area contributed by atoms with Gasteiger partial charge in [0.1, 0.15) is 11.2 Å². The third-order valence-electron chi connectivity index (χ3n) is 5.33. The first-order valence-electron chi connectivity index (χ1n) is 9.32. The van der Waals surface area contributed by atoms with Crippen LogP contribution in [0.5, 0.6) is 0 Å². The number of aromatic nitrogens is 2. The first-order chi connectivity index (χ1) is 13.4. The number of carbonyl (C=O) groups is 2. The van der Waals surface area contributed by atoms with Gasteiger partial charge in [0.2, 0.25) is 5.91 Å². The maximum absolute atomic E-state index is 13.2. The number of carboxylic acid groups (broad SMARTS) is 1. The van der Waals surface area contributed by atoms with Gasteiger partial charge in [0.25, 0.3) is 0 Å². The number of aliphatic hydroxyl groups is 1. The number of aliphatic hydroxyl groups excluding tert-OH is 1. The van der Waals surface area contributed by atoms with Crippen LogP contribution in [0.4, 0.5) is 4.39 Å². The van der Waals surface area contributed by atoms with Crippen LogP contribution in [0.15, 0.2) is 42.7 Å². The largest absolute Gasteiger partial charge is 0.481 e. The van der Waals surface area contributed by atoms with E-state index in [1.165, 1.54) is 29.2 Å². The number of carboxylic acids is 1. The van der Waals surface area contributed by atoms with Crippen molar-refractivity contribution in [2.24, 2.45) is 5.41 Å². The van der Waals surface area contributed by atoms with Crippen molar-refractivity contribution >= 4 is 11.9 Å². The zero-order valence-electron chi connectivity index (χ0n) is 15.5. The maximum Gasteiger partial charge on any atom is 0.314 e. The summed E-state index contributed by atoms with van der Waals surface area (Å²) in [5, 5.41) is 24.5. The molecule has 0 radical (unpaired) electrons. The predicted octanol–water partition coefficient (Wildman–Crippen LogP) is 1.71. The Kier molecular flexibility index (Phi) is 6.08. The summed E-state index contributed by atoms with van der Waals surface area (Å²) in [5.74, 6) is -1.70. The number of halogens is 1. The average Bonchev–Trinajstić information content (AvgIpc) is 3.18. The van der Waals surface area contributed by atoms with E-state index in [4.69, 9.17) is 0 Å². The Balaban J connectivity index is 1.68. The number of aryl methyl sites for hydroxylation is 1. The number of rotatable bonds is 7. The molecule has 2 aromatic rings. The molecule has 2 N–H and O–H groups in total. The van der Waals surface area contributed by atoms with Gasteiger partial charge in [0, 0.05) is 38.4 Å². The summed E-state index contributed by atoms with van der Waals surface area (Å²) in [6.45, 7) is 0.858. The first-order valence-corrected chi connectivity index (χ1v) is 9.32.